The van der Waals surface area contributed by atoms with E-state index in [0.717, 1.165) is 33.5 Å². The minimum absolute atomic E-state index is 0.591. The van der Waals surface area contributed by atoms with E-state index in [0.29, 0.717) is 17.5 Å². The Balaban J connectivity index is 1.18. The second-order valence-electron chi connectivity index (χ2n) is 12.2. The molecule has 0 fully saturated rings. The Labute approximate surface area is 296 Å². The maximum atomic E-state index is 5.19. The van der Waals surface area contributed by atoms with Gasteiger partial charge < -0.3 is 0 Å². The summed E-state index contributed by atoms with van der Waals surface area (Å²) in [5.41, 5.74) is 6.97. The zero-order valence-electron chi connectivity index (χ0n) is 26.6. The van der Waals surface area contributed by atoms with Crippen molar-refractivity contribution in [1.29, 1.82) is 0 Å². The normalized spacial score (nSPS) is 11.6. The number of rotatable bonds is 5. The first-order valence-corrected chi connectivity index (χ1v) is 18.1. The summed E-state index contributed by atoms with van der Waals surface area (Å²) in [6.07, 6.45) is 1.85. The number of aromatic nitrogens is 4. The van der Waals surface area contributed by atoms with Gasteiger partial charge in [0.15, 0.2) is 17.5 Å². The van der Waals surface area contributed by atoms with Gasteiger partial charge in [0.25, 0.3) is 0 Å². The lowest BCUT2D eigenvalue weighted by atomic mass is 9.99. The molecule has 10 aromatic rings. The molecule has 0 amide bonds. The molecule has 0 aliphatic heterocycles. The number of benzene rings is 6. The molecule has 0 N–H and O–H groups in total. The molecule has 6 aromatic carbocycles. The van der Waals surface area contributed by atoms with Gasteiger partial charge in [0.05, 0.1) is 5.69 Å². The summed E-state index contributed by atoms with van der Waals surface area (Å²) in [4.78, 5) is 20.4. The quantitative estimate of drug-likeness (QED) is 0.182. The molecule has 4 nitrogen and oxygen atoms in total. The summed E-state index contributed by atoms with van der Waals surface area (Å²) in [6.45, 7) is 0. The van der Waals surface area contributed by atoms with Crippen molar-refractivity contribution >= 4 is 63.0 Å². The van der Waals surface area contributed by atoms with E-state index in [2.05, 4.69) is 140 Å². The van der Waals surface area contributed by atoms with Crippen LogP contribution in [0.5, 0.6) is 0 Å². The van der Waals surface area contributed by atoms with Gasteiger partial charge in [0.1, 0.15) is 0 Å². The summed E-state index contributed by atoms with van der Waals surface area (Å²) in [6, 6.07) is 53.1. The van der Waals surface area contributed by atoms with Crippen molar-refractivity contribution in [2.24, 2.45) is 0 Å². The molecule has 10 rings (SSSR count). The highest BCUT2D eigenvalue weighted by molar-refractivity contribution is 7.26. The van der Waals surface area contributed by atoms with Crippen LogP contribution in [0.1, 0.15) is 0 Å². The SMILES string of the molecule is c1ccc(-c2ccc(-c3nc(-c4ccc5c(c4)sc4ccccc45)nc(-c4cccnc4-c4cccc5sc6ccccc6c45)n3)cc2)cc1. The predicted molar refractivity (Wildman–Crippen MR) is 211 cm³/mol. The maximum Gasteiger partial charge on any atom is 0.166 e. The van der Waals surface area contributed by atoms with Gasteiger partial charge in [-0.05, 0) is 47.5 Å². The summed E-state index contributed by atoms with van der Waals surface area (Å²) in [5.74, 6) is 1.84. The third-order valence-corrected chi connectivity index (χ3v) is 11.5. The monoisotopic (exact) mass is 674 g/mol. The van der Waals surface area contributed by atoms with Crippen molar-refractivity contribution in [2.45, 2.75) is 0 Å². The Morgan fingerprint density at radius 3 is 1.78 bits per heavy atom. The van der Waals surface area contributed by atoms with E-state index >= 15 is 0 Å². The highest BCUT2D eigenvalue weighted by Gasteiger charge is 2.20. The van der Waals surface area contributed by atoms with E-state index in [-0.39, 0.29) is 0 Å². The molecule has 4 heterocycles. The Morgan fingerprint density at radius 2 is 0.940 bits per heavy atom. The van der Waals surface area contributed by atoms with E-state index in [9.17, 15) is 0 Å². The van der Waals surface area contributed by atoms with E-state index in [1.807, 2.05) is 18.3 Å². The van der Waals surface area contributed by atoms with Crippen molar-refractivity contribution < 1.29 is 0 Å². The zero-order chi connectivity index (χ0) is 33.0. The van der Waals surface area contributed by atoms with Crippen molar-refractivity contribution in [3.05, 3.63) is 158 Å². The number of pyridine rings is 1. The lowest BCUT2D eigenvalue weighted by molar-refractivity contribution is 1.07. The largest absolute Gasteiger partial charge is 0.255 e. The maximum absolute atomic E-state index is 5.19. The topological polar surface area (TPSA) is 51.6 Å². The number of nitrogens with zero attached hydrogens (tertiary/aromatic N) is 4. The van der Waals surface area contributed by atoms with Crippen LogP contribution in [0.15, 0.2) is 158 Å². The lowest BCUT2D eigenvalue weighted by Gasteiger charge is -2.12. The number of thiophene rings is 2. The van der Waals surface area contributed by atoms with E-state index in [4.69, 9.17) is 19.9 Å². The van der Waals surface area contributed by atoms with Crippen LogP contribution >= 0.6 is 22.7 Å². The van der Waals surface area contributed by atoms with Gasteiger partial charge in [0, 0.05) is 68.8 Å². The Hall–Kier alpha value is -6.08. The second kappa shape index (κ2) is 11.8. The fraction of sp³-hybridized carbons (Fsp3) is 0. The van der Waals surface area contributed by atoms with Gasteiger partial charge in [-0.3, -0.25) is 4.98 Å². The Bertz CT molecular complexity index is 2870. The molecule has 0 spiro atoms. The number of fused-ring (bicyclic) bond motifs is 6. The molecule has 50 heavy (non-hydrogen) atoms. The van der Waals surface area contributed by atoms with Crippen LogP contribution in [0.2, 0.25) is 0 Å². The molecular weight excluding hydrogens is 649 g/mol. The smallest absolute Gasteiger partial charge is 0.166 e. The van der Waals surface area contributed by atoms with E-state index in [1.54, 1.807) is 22.7 Å². The van der Waals surface area contributed by atoms with Gasteiger partial charge >= 0.3 is 0 Å². The molecule has 0 radical (unpaired) electrons. The summed E-state index contributed by atoms with van der Waals surface area (Å²) < 4.78 is 4.96. The highest BCUT2D eigenvalue weighted by atomic mass is 32.1. The lowest BCUT2D eigenvalue weighted by Crippen LogP contribution is -2.02. The van der Waals surface area contributed by atoms with E-state index in [1.165, 1.54) is 45.9 Å². The molecule has 0 saturated heterocycles. The van der Waals surface area contributed by atoms with Gasteiger partial charge in [-0.1, -0.05) is 115 Å². The van der Waals surface area contributed by atoms with Gasteiger partial charge in [-0.2, -0.15) is 0 Å². The first-order chi connectivity index (χ1) is 24.8. The standard InChI is InChI=1S/C44H26N4S2/c1-2-10-27(11-3-1)28-19-21-29(22-20-28)42-46-43(30-23-24-32-31-12-4-6-16-36(31)50-39(32)26-30)48-44(47-42)35-15-9-25-45-41(35)34-14-8-18-38-40(34)33-13-5-7-17-37(33)49-38/h1-26H. The summed E-state index contributed by atoms with van der Waals surface area (Å²) in [5, 5.41) is 4.94. The Kier molecular flexibility index (Phi) is 6.82. The minimum atomic E-state index is 0.591. The van der Waals surface area contributed by atoms with Gasteiger partial charge in [0.2, 0.25) is 0 Å². The zero-order valence-corrected chi connectivity index (χ0v) is 28.2. The molecule has 0 aliphatic carbocycles. The minimum Gasteiger partial charge on any atom is -0.255 e. The predicted octanol–water partition coefficient (Wildman–Crippen LogP) is 12.3. The number of hydrogen-bond acceptors (Lipinski definition) is 6. The van der Waals surface area contributed by atoms with E-state index < -0.39 is 0 Å². The van der Waals surface area contributed by atoms with Gasteiger partial charge in [-0.25, -0.2) is 15.0 Å². The summed E-state index contributed by atoms with van der Waals surface area (Å²) in [7, 11) is 0. The molecule has 4 aromatic heterocycles. The van der Waals surface area contributed by atoms with Crippen molar-refractivity contribution in [3.8, 4) is 56.5 Å². The molecule has 6 heteroatoms. The van der Waals surface area contributed by atoms with Gasteiger partial charge in [-0.15, -0.1) is 22.7 Å². The van der Waals surface area contributed by atoms with Crippen LogP contribution in [0.25, 0.3) is 96.9 Å². The number of hydrogen-bond donors (Lipinski definition) is 0. The van der Waals surface area contributed by atoms with Crippen LogP contribution in [0, 0.1) is 0 Å². The molecule has 0 unspecified atom stereocenters. The van der Waals surface area contributed by atoms with Crippen molar-refractivity contribution in [3.63, 3.8) is 0 Å². The molecule has 0 saturated carbocycles. The van der Waals surface area contributed by atoms with Crippen LogP contribution < -0.4 is 0 Å². The van der Waals surface area contributed by atoms with Crippen LogP contribution in [-0.2, 0) is 0 Å². The first-order valence-electron chi connectivity index (χ1n) is 16.5. The van der Waals surface area contributed by atoms with Crippen LogP contribution in [0.3, 0.4) is 0 Å². The van der Waals surface area contributed by atoms with Crippen molar-refractivity contribution in [2.75, 3.05) is 0 Å². The average molecular weight is 675 g/mol. The second-order valence-corrected chi connectivity index (χ2v) is 14.4. The first kappa shape index (κ1) is 28.9. The van der Waals surface area contributed by atoms with Crippen LogP contribution in [-0.4, -0.2) is 19.9 Å². The molecular formula is C44H26N4S2. The summed E-state index contributed by atoms with van der Waals surface area (Å²) >= 11 is 3.60. The molecule has 234 valence electrons. The van der Waals surface area contributed by atoms with Crippen LogP contribution in [0.4, 0.5) is 0 Å². The average Bonchev–Trinajstić information content (AvgIpc) is 3.76. The fourth-order valence-electron chi connectivity index (χ4n) is 6.83. The third-order valence-electron chi connectivity index (χ3n) is 9.23. The third kappa shape index (κ3) is 4.88. The Morgan fingerprint density at radius 1 is 0.360 bits per heavy atom. The highest BCUT2D eigenvalue weighted by Crippen LogP contribution is 2.42. The molecule has 0 aliphatic rings. The van der Waals surface area contributed by atoms with Crippen molar-refractivity contribution in [1.82, 2.24) is 19.9 Å². The molecule has 0 bridgehead atoms. The fourth-order valence-corrected chi connectivity index (χ4v) is 9.11. The molecule has 0 atom stereocenters.